The van der Waals surface area contributed by atoms with E-state index in [2.05, 4.69) is 49.3 Å². The number of amides is 3. The van der Waals surface area contributed by atoms with Gasteiger partial charge in [-0.1, -0.05) is 41.6 Å². The summed E-state index contributed by atoms with van der Waals surface area (Å²) in [4.78, 5) is 45.2. The average Bonchev–Trinajstić information content (AvgIpc) is 3.94. The highest BCUT2D eigenvalue weighted by Crippen LogP contribution is 2.39. The van der Waals surface area contributed by atoms with Gasteiger partial charge in [-0.25, -0.2) is 0 Å². The van der Waals surface area contributed by atoms with Crippen LogP contribution < -0.4 is 10.6 Å². The minimum Gasteiger partial charge on any atom is -0.382 e. The van der Waals surface area contributed by atoms with E-state index in [1.54, 1.807) is 16.2 Å². The van der Waals surface area contributed by atoms with Crippen molar-refractivity contribution in [1.82, 2.24) is 34.8 Å². The van der Waals surface area contributed by atoms with Gasteiger partial charge in [0, 0.05) is 64.7 Å². The van der Waals surface area contributed by atoms with Crippen LogP contribution in [0.3, 0.4) is 0 Å². The molecule has 3 aliphatic heterocycles. The summed E-state index contributed by atoms with van der Waals surface area (Å²) in [5, 5.41) is 21.4. The first-order valence-corrected chi connectivity index (χ1v) is 20.3. The first-order chi connectivity index (χ1) is 27.1. The molecule has 5 aromatic rings. The molecule has 1 saturated heterocycles. The van der Waals surface area contributed by atoms with Crippen LogP contribution in [0.15, 0.2) is 59.9 Å². The van der Waals surface area contributed by atoms with E-state index in [1.807, 2.05) is 73.4 Å². The number of hydrogen-bond acceptors (Lipinski definition) is 9. The molecule has 0 radical (unpaired) electrons. The number of thiophene rings is 1. The van der Waals surface area contributed by atoms with Crippen molar-refractivity contribution < 1.29 is 14.4 Å². The zero-order valence-corrected chi connectivity index (χ0v) is 32.9. The zero-order chi connectivity index (χ0) is 38.7. The molecule has 1 aliphatic carbocycles. The first kappa shape index (κ1) is 36.1. The van der Waals surface area contributed by atoms with Crippen LogP contribution in [0.25, 0.3) is 5.00 Å². The van der Waals surface area contributed by atoms with E-state index >= 15 is 0 Å². The lowest BCUT2D eigenvalue weighted by Gasteiger charge is -2.31. The summed E-state index contributed by atoms with van der Waals surface area (Å²) in [6.07, 6.45) is 8.58. The fraction of sp³-hybridized carbons (Fsp3) is 0.357. The number of rotatable bonds is 6. The highest BCUT2D eigenvalue weighted by atomic mass is 35.5. The number of piperidine rings is 1. The molecule has 6 heterocycles. The van der Waals surface area contributed by atoms with Crippen molar-refractivity contribution >= 4 is 52.1 Å². The number of aromatic nitrogens is 5. The average molecular weight is 786 g/mol. The SMILES string of the molecule is Cc1c(C#Cc2cnn(C[C@H]3CC[C@@H](Nc4cccc5c4CN(C4CCC(=O)NC4=O)C5=O)CC3)c2)sc2c1C(c1ccc(Cl)cc1)=N[C@@H](C)c1nnc(C)n1-2. The number of aliphatic imine (C=N–C) groups is 1. The van der Waals surface area contributed by atoms with Crippen LogP contribution >= 0.6 is 22.9 Å². The minimum absolute atomic E-state index is 0.154. The monoisotopic (exact) mass is 785 g/mol. The van der Waals surface area contributed by atoms with E-state index in [-0.39, 0.29) is 30.3 Å². The van der Waals surface area contributed by atoms with Gasteiger partial charge in [-0.15, -0.1) is 21.5 Å². The van der Waals surface area contributed by atoms with Crippen molar-refractivity contribution in [3.63, 3.8) is 0 Å². The maximum Gasteiger partial charge on any atom is 0.255 e. The second-order valence-corrected chi connectivity index (χ2v) is 16.6. The van der Waals surface area contributed by atoms with E-state index in [4.69, 9.17) is 16.6 Å². The van der Waals surface area contributed by atoms with Crippen LogP contribution in [0, 0.1) is 31.6 Å². The van der Waals surface area contributed by atoms with Gasteiger partial charge in [-0.05, 0) is 88.6 Å². The Bertz CT molecular complexity index is 2500. The van der Waals surface area contributed by atoms with Crippen molar-refractivity contribution in [3.05, 3.63) is 110 Å². The van der Waals surface area contributed by atoms with Crippen LogP contribution in [0.1, 0.15) is 106 Å². The lowest BCUT2D eigenvalue weighted by Crippen LogP contribution is -2.52. The van der Waals surface area contributed by atoms with Crippen molar-refractivity contribution in [3.8, 4) is 16.8 Å². The van der Waals surface area contributed by atoms with Gasteiger partial charge >= 0.3 is 0 Å². The normalized spacial score (nSPS) is 21.7. The van der Waals surface area contributed by atoms with Gasteiger partial charge in [0.15, 0.2) is 5.82 Å². The summed E-state index contributed by atoms with van der Waals surface area (Å²) in [6.45, 7) is 7.30. The molecule has 2 fully saturated rings. The molecule has 2 atom stereocenters. The molecule has 2 N–H and O–H groups in total. The lowest BCUT2D eigenvalue weighted by atomic mass is 9.85. The molecule has 56 heavy (non-hydrogen) atoms. The van der Waals surface area contributed by atoms with Crippen molar-refractivity contribution in [2.75, 3.05) is 5.32 Å². The van der Waals surface area contributed by atoms with Gasteiger partial charge in [0.25, 0.3) is 5.91 Å². The number of hydrogen-bond donors (Lipinski definition) is 2. The second-order valence-electron chi connectivity index (χ2n) is 15.1. The fourth-order valence-corrected chi connectivity index (χ4v) is 9.79. The highest BCUT2D eigenvalue weighted by molar-refractivity contribution is 7.15. The van der Waals surface area contributed by atoms with E-state index < -0.39 is 11.9 Å². The second kappa shape index (κ2) is 14.5. The topological polar surface area (TPSA) is 139 Å². The third kappa shape index (κ3) is 6.60. The summed E-state index contributed by atoms with van der Waals surface area (Å²) in [5.74, 6) is 8.10. The van der Waals surface area contributed by atoms with E-state index in [0.29, 0.717) is 29.5 Å². The summed E-state index contributed by atoms with van der Waals surface area (Å²) >= 11 is 7.88. The van der Waals surface area contributed by atoms with Crippen molar-refractivity contribution in [2.24, 2.45) is 10.9 Å². The molecule has 4 aliphatic rings. The summed E-state index contributed by atoms with van der Waals surface area (Å²) in [7, 11) is 0. The number of imide groups is 1. The van der Waals surface area contributed by atoms with Gasteiger partial charge in [0.05, 0.1) is 22.3 Å². The van der Waals surface area contributed by atoms with Gasteiger partial charge in [-0.2, -0.15) is 5.10 Å². The maximum absolute atomic E-state index is 13.3. The first-order valence-electron chi connectivity index (χ1n) is 19.1. The van der Waals surface area contributed by atoms with Crippen LogP contribution in [-0.2, 0) is 22.7 Å². The molecule has 1 unspecified atom stereocenters. The Labute approximate surface area is 333 Å². The number of nitrogens with one attached hydrogen (secondary N) is 2. The van der Waals surface area contributed by atoms with Gasteiger partial charge in [0.2, 0.25) is 11.8 Å². The Morgan fingerprint density at radius 2 is 1.80 bits per heavy atom. The quantitative estimate of drug-likeness (QED) is 0.147. The Morgan fingerprint density at radius 3 is 2.59 bits per heavy atom. The number of halogens is 1. The Balaban J connectivity index is 0.859. The minimum atomic E-state index is -0.624. The van der Waals surface area contributed by atoms with Crippen LogP contribution in [0.4, 0.5) is 5.69 Å². The molecule has 14 heteroatoms. The van der Waals surface area contributed by atoms with Crippen LogP contribution in [-0.4, -0.2) is 65.0 Å². The summed E-state index contributed by atoms with van der Waals surface area (Å²) < 4.78 is 4.13. The number of benzene rings is 2. The fourth-order valence-electron chi connectivity index (χ4n) is 8.45. The number of aryl methyl sites for hydroxylation is 1. The number of carbonyl (C=O) groups is 3. The molecular formula is C42H40ClN9O3S. The Hall–Kier alpha value is -5.58. The number of carbonyl (C=O) groups excluding carboxylic acids is 3. The molecule has 0 spiro atoms. The predicted octanol–water partition coefficient (Wildman–Crippen LogP) is 6.54. The highest BCUT2D eigenvalue weighted by Gasteiger charge is 2.40. The van der Waals surface area contributed by atoms with E-state index in [1.165, 1.54) is 0 Å². The zero-order valence-electron chi connectivity index (χ0n) is 31.3. The number of anilines is 1. The maximum atomic E-state index is 13.3. The Morgan fingerprint density at radius 1 is 1.00 bits per heavy atom. The van der Waals surface area contributed by atoms with Crippen LogP contribution in [0.5, 0.6) is 0 Å². The molecule has 3 aromatic heterocycles. The Kier molecular flexibility index (Phi) is 9.34. The van der Waals surface area contributed by atoms with Crippen molar-refractivity contribution in [2.45, 2.75) is 90.5 Å². The van der Waals surface area contributed by atoms with E-state index in [9.17, 15) is 14.4 Å². The summed E-state index contributed by atoms with van der Waals surface area (Å²) in [6, 6.07) is 13.0. The van der Waals surface area contributed by atoms with E-state index in [0.717, 1.165) is 93.0 Å². The predicted molar refractivity (Wildman–Crippen MR) is 214 cm³/mol. The van der Waals surface area contributed by atoms with Gasteiger partial charge < -0.3 is 10.2 Å². The molecular weight excluding hydrogens is 746 g/mol. The molecule has 284 valence electrons. The summed E-state index contributed by atoms with van der Waals surface area (Å²) in [5.41, 5.74) is 7.35. The third-order valence-corrected chi connectivity index (χ3v) is 12.9. The van der Waals surface area contributed by atoms with Gasteiger partial charge in [-0.3, -0.25) is 33.9 Å². The van der Waals surface area contributed by atoms with Gasteiger partial charge in [0.1, 0.15) is 22.9 Å². The molecule has 2 aromatic carbocycles. The smallest absolute Gasteiger partial charge is 0.255 e. The van der Waals surface area contributed by atoms with Crippen LogP contribution in [0.2, 0.25) is 5.02 Å². The third-order valence-electron chi connectivity index (χ3n) is 11.4. The number of nitrogens with zero attached hydrogens (tertiary/aromatic N) is 7. The molecule has 3 amide bonds. The standard InChI is InChI=1S/C42H40ClN9O3S/c1-23-35(56-42-37(23)38(28-10-12-29(43)13-11-28)45-24(2)39-49-48-25(3)52(39)42)17-9-27-19-44-50(21-27)20-26-7-14-30(15-8-26)46-33-6-4-5-31-32(33)22-51(41(31)55)34-16-18-36(53)47-40(34)54/h4-6,10-13,19,21,24,26,30,34,46H,7-8,14-16,18,20,22H2,1-3H3,(H,47,53,54)/t24-,26-,30+,34?/m0/s1. The molecule has 1 saturated carbocycles. The lowest BCUT2D eigenvalue weighted by molar-refractivity contribution is -0.136. The number of fused-ring (bicyclic) bond motifs is 4. The largest absolute Gasteiger partial charge is 0.382 e. The molecule has 12 nitrogen and oxygen atoms in total. The van der Waals surface area contributed by atoms with Crippen molar-refractivity contribution in [1.29, 1.82) is 0 Å². The molecule has 9 rings (SSSR count). The molecule has 0 bridgehead atoms.